The van der Waals surface area contributed by atoms with E-state index in [1.807, 2.05) is 12.3 Å². The van der Waals surface area contributed by atoms with Crippen molar-refractivity contribution in [3.8, 4) is 0 Å². The summed E-state index contributed by atoms with van der Waals surface area (Å²) in [7, 11) is 0. The van der Waals surface area contributed by atoms with Gasteiger partial charge in [-0.25, -0.2) is 0 Å². The highest BCUT2D eigenvalue weighted by Crippen LogP contribution is 2.43. The Bertz CT molecular complexity index is 497. The van der Waals surface area contributed by atoms with Crippen LogP contribution in [-0.2, 0) is 11.8 Å². The molecular formula is C17H21NO. The summed E-state index contributed by atoms with van der Waals surface area (Å²) in [4.78, 5) is 0. The Kier molecular flexibility index (Phi) is 3.43. The lowest BCUT2D eigenvalue weighted by molar-refractivity contribution is 0.346. The lowest BCUT2D eigenvalue weighted by Crippen LogP contribution is -2.45. The smallest absolute Gasteiger partial charge is 0.0935 e. The Labute approximate surface area is 114 Å². The molecule has 1 aliphatic rings. The van der Waals surface area contributed by atoms with Gasteiger partial charge in [0, 0.05) is 11.5 Å². The second-order valence-corrected chi connectivity index (χ2v) is 5.67. The molecule has 1 aromatic heterocycles. The second kappa shape index (κ2) is 5.22. The summed E-state index contributed by atoms with van der Waals surface area (Å²) in [5.41, 5.74) is 9.36. The van der Waals surface area contributed by atoms with E-state index in [1.54, 1.807) is 6.26 Å². The van der Waals surface area contributed by atoms with Crippen molar-refractivity contribution in [1.82, 2.24) is 0 Å². The van der Waals surface area contributed by atoms with E-state index in [1.165, 1.54) is 36.8 Å². The molecule has 0 amide bonds. The molecule has 1 aromatic carbocycles. The third-order valence-electron chi connectivity index (χ3n) is 4.59. The van der Waals surface area contributed by atoms with Crippen LogP contribution in [0, 0.1) is 0 Å². The van der Waals surface area contributed by atoms with Crippen LogP contribution in [0.4, 0.5) is 0 Å². The topological polar surface area (TPSA) is 39.2 Å². The largest absolute Gasteiger partial charge is 0.472 e. The van der Waals surface area contributed by atoms with E-state index in [4.69, 9.17) is 10.2 Å². The van der Waals surface area contributed by atoms with Gasteiger partial charge in [0.05, 0.1) is 12.5 Å². The lowest BCUT2D eigenvalue weighted by atomic mass is 9.71. The zero-order chi connectivity index (χ0) is 13.1. The molecule has 1 saturated carbocycles. The molecule has 1 unspecified atom stereocenters. The zero-order valence-corrected chi connectivity index (χ0v) is 11.2. The first-order chi connectivity index (χ1) is 9.31. The highest BCUT2D eigenvalue weighted by atomic mass is 16.3. The molecule has 1 atom stereocenters. The van der Waals surface area contributed by atoms with Gasteiger partial charge in [-0.05, 0) is 36.5 Å². The van der Waals surface area contributed by atoms with Gasteiger partial charge in [0.1, 0.15) is 0 Å². The van der Waals surface area contributed by atoms with Crippen molar-refractivity contribution in [2.45, 2.75) is 43.6 Å². The minimum absolute atomic E-state index is 0.151. The third-order valence-corrected chi connectivity index (χ3v) is 4.59. The molecule has 0 radical (unpaired) electrons. The van der Waals surface area contributed by atoms with Gasteiger partial charge in [0.2, 0.25) is 0 Å². The molecule has 2 nitrogen and oxygen atoms in total. The molecule has 0 aliphatic heterocycles. The molecule has 0 spiro atoms. The maximum atomic E-state index is 6.60. The summed E-state index contributed by atoms with van der Waals surface area (Å²) in [6, 6.07) is 13.0. The van der Waals surface area contributed by atoms with Crippen LogP contribution >= 0.6 is 0 Å². The van der Waals surface area contributed by atoms with Crippen molar-refractivity contribution in [3.05, 3.63) is 60.1 Å². The van der Waals surface area contributed by atoms with Crippen molar-refractivity contribution in [2.75, 3.05) is 0 Å². The van der Waals surface area contributed by atoms with Crippen LogP contribution in [0.3, 0.4) is 0 Å². The number of rotatable bonds is 4. The molecule has 1 aliphatic carbocycles. The second-order valence-electron chi connectivity index (χ2n) is 5.67. The Morgan fingerprint density at radius 1 is 1.11 bits per heavy atom. The molecule has 0 bridgehead atoms. The Balaban J connectivity index is 1.88. The van der Waals surface area contributed by atoms with Crippen LogP contribution in [0.15, 0.2) is 53.3 Å². The fourth-order valence-corrected chi connectivity index (χ4v) is 3.51. The number of nitrogens with two attached hydrogens (primary N) is 1. The van der Waals surface area contributed by atoms with E-state index in [0.717, 1.165) is 6.42 Å². The number of hydrogen-bond donors (Lipinski definition) is 1. The average molecular weight is 255 g/mol. The molecule has 1 fully saturated rings. The van der Waals surface area contributed by atoms with E-state index >= 15 is 0 Å². The van der Waals surface area contributed by atoms with Gasteiger partial charge in [-0.2, -0.15) is 0 Å². The highest BCUT2D eigenvalue weighted by Gasteiger charge is 2.40. The van der Waals surface area contributed by atoms with Crippen LogP contribution in [0.5, 0.6) is 0 Å². The number of benzene rings is 1. The van der Waals surface area contributed by atoms with Gasteiger partial charge in [-0.15, -0.1) is 0 Å². The summed E-state index contributed by atoms with van der Waals surface area (Å²) in [5.74, 6) is 0. The molecule has 19 heavy (non-hydrogen) atoms. The van der Waals surface area contributed by atoms with Gasteiger partial charge in [-0.3, -0.25) is 0 Å². The zero-order valence-electron chi connectivity index (χ0n) is 11.2. The van der Waals surface area contributed by atoms with Crippen LogP contribution in [-0.4, -0.2) is 6.04 Å². The maximum Gasteiger partial charge on any atom is 0.0935 e. The summed E-state index contributed by atoms with van der Waals surface area (Å²) >= 11 is 0. The van der Waals surface area contributed by atoms with Crippen molar-refractivity contribution in [2.24, 2.45) is 5.73 Å². The number of furan rings is 1. The highest BCUT2D eigenvalue weighted by molar-refractivity contribution is 5.30. The molecule has 100 valence electrons. The lowest BCUT2D eigenvalue weighted by Gasteiger charge is -2.36. The first-order valence-corrected chi connectivity index (χ1v) is 7.13. The summed E-state index contributed by atoms with van der Waals surface area (Å²) < 4.78 is 5.16. The maximum absolute atomic E-state index is 6.60. The first kappa shape index (κ1) is 12.5. The van der Waals surface area contributed by atoms with E-state index in [0.29, 0.717) is 0 Å². The van der Waals surface area contributed by atoms with Crippen LogP contribution in [0.1, 0.15) is 36.8 Å². The van der Waals surface area contributed by atoms with Gasteiger partial charge in [-0.1, -0.05) is 43.2 Å². The minimum atomic E-state index is 0.151. The summed E-state index contributed by atoms with van der Waals surface area (Å²) in [6.07, 6.45) is 9.42. The van der Waals surface area contributed by atoms with E-state index in [2.05, 4.69) is 30.3 Å². The minimum Gasteiger partial charge on any atom is -0.472 e. The Hall–Kier alpha value is -1.54. The molecule has 2 N–H and O–H groups in total. The van der Waals surface area contributed by atoms with Gasteiger partial charge >= 0.3 is 0 Å². The molecule has 1 heterocycles. The van der Waals surface area contributed by atoms with Crippen molar-refractivity contribution in [3.63, 3.8) is 0 Å². The van der Waals surface area contributed by atoms with E-state index in [9.17, 15) is 0 Å². The Morgan fingerprint density at radius 3 is 2.47 bits per heavy atom. The molecule has 3 rings (SSSR count). The standard InChI is InChI=1S/C17H21NO/c18-16(12-14-8-11-19-13-14)17(9-4-5-10-17)15-6-2-1-3-7-15/h1-3,6-8,11,13,16H,4-5,9-10,12,18H2. The fraction of sp³-hybridized carbons (Fsp3) is 0.412. The average Bonchev–Trinajstić information content (AvgIpc) is 3.11. The van der Waals surface area contributed by atoms with E-state index < -0.39 is 0 Å². The molecule has 2 heteroatoms. The fourth-order valence-electron chi connectivity index (χ4n) is 3.51. The summed E-state index contributed by atoms with van der Waals surface area (Å²) in [5, 5.41) is 0. The number of hydrogen-bond acceptors (Lipinski definition) is 2. The molecular weight excluding hydrogens is 234 g/mol. The van der Waals surface area contributed by atoms with Crippen molar-refractivity contribution in [1.29, 1.82) is 0 Å². The Morgan fingerprint density at radius 2 is 1.84 bits per heavy atom. The van der Waals surface area contributed by atoms with Crippen LogP contribution in [0.25, 0.3) is 0 Å². The van der Waals surface area contributed by atoms with Crippen LogP contribution < -0.4 is 5.73 Å². The SMILES string of the molecule is NC(Cc1ccoc1)C1(c2ccccc2)CCCC1. The van der Waals surface area contributed by atoms with Crippen LogP contribution in [0.2, 0.25) is 0 Å². The predicted molar refractivity (Wildman–Crippen MR) is 77.0 cm³/mol. The van der Waals surface area contributed by atoms with Gasteiger partial charge in [0.25, 0.3) is 0 Å². The quantitative estimate of drug-likeness (QED) is 0.905. The molecule has 0 saturated heterocycles. The van der Waals surface area contributed by atoms with E-state index in [-0.39, 0.29) is 11.5 Å². The molecule has 2 aromatic rings. The van der Waals surface area contributed by atoms with Crippen molar-refractivity contribution >= 4 is 0 Å². The van der Waals surface area contributed by atoms with Crippen molar-refractivity contribution < 1.29 is 4.42 Å². The third kappa shape index (κ3) is 2.33. The monoisotopic (exact) mass is 255 g/mol. The van der Waals surface area contributed by atoms with Gasteiger partial charge < -0.3 is 10.2 Å². The first-order valence-electron chi connectivity index (χ1n) is 7.13. The normalized spacial score (nSPS) is 19.4. The predicted octanol–water partition coefficient (Wildman–Crippen LogP) is 3.66. The summed E-state index contributed by atoms with van der Waals surface area (Å²) in [6.45, 7) is 0. The van der Waals surface area contributed by atoms with Gasteiger partial charge in [0.15, 0.2) is 0 Å².